The second-order valence-corrected chi connectivity index (χ2v) is 7.67. The van der Waals surface area contributed by atoms with Gasteiger partial charge in [0.05, 0.1) is 12.5 Å². The van der Waals surface area contributed by atoms with E-state index in [0.29, 0.717) is 17.0 Å². The molecule has 6 nitrogen and oxygen atoms in total. The summed E-state index contributed by atoms with van der Waals surface area (Å²) in [4.78, 5) is 33.8. The third kappa shape index (κ3) is 3.71. The van der Waals surface area contributed by atoms with Gasteiger partial charge in [0.1, 0.15) is 23.0 Å². The van der Waals surface area contributed by atoms with Crippen LogP contribution in [0.2, 0.25) is 0 Å². The molecule has 3 aromatic rings. The summed E-state index contributed by atoms with van der Waals surface area (Å²) in [5, 5.41) is 0.700. The molecule has 0 amide bonds. The maximum Gasteiger partial charge on any atom is 0.331 e. The number of esters is 1. The van der Waals surface area contributed by atoms with E-state index in [-0.39, 0.29) is 12.2 Å². The SMILES string of the molecule is COc1ccccc1C=CC(=O)OCc1nc2sc3c(c2c(=O)[nH]1)CCCC3. The highest BCUT2D eigenvalue weighted by atomic mass is 32.1. The summed E-state index contributed by atoms with van der Waals surface area (Å²) >= 11 is 1.57. The minimum atomic E-state index is -0.515. The van der Waals surface area contributed by atoms with Crippen molar-refractivity contribution in [3.05, 3.63) is 62.5 Å². The van der Waals surface area contributed by atoms with Crippen molar-refractivity contribution in [3.63, 3.8) is 0 Å². The van der Waals surface area contributed by atoms with E-state index >= 15 is 0 Å². The fraction of sp³-hybridized carbons (Fsp3) is 0.286. The van der Waals surface area contributed by atoms with Crippen molar-refractivity contribution in [1.82, 2.24) is 9.97 Å². The number of methoxy groups -OCH3 is 1. The normalized spacial score (nSPS) is 13.6. The summed E-state index contributed by atoms with van der Waals surface area (Å²) in [5.41, 5.74) is 1.77. The monoisotopic (exact) mass is 396 g/mol. The lowest BCUT2D eigenvalue weighted by Gasteiger charge is -2.09. The van der Waals surface area contributed by atoms with E-state index in [9.17, 15) is 9.59 Å². The molecule has 0 fully saturated rings. The van der Waals surface area contributed by atoms with Gasteiger partial charge in [-0.3, -0.25) is 4.79 Å². The Kier molecular flexibility index (Phi) is 5.25. The quantitative estimate of drug-likeness (QED) is 0.526. The standard InChI is InChI=1S/C21H20N2O4S/c1-26-15-8-4-2-6-13(15)10-11-18(24)27-12-17-22-20(25)19-14-7-3-5-9-16(14)28-21(19)23-17/h2,4,6,8,10-11H,3,5,7,9,12H2,1H3,(H,22,23,25). The molecular formula is C21H20N2O4S. The molecule has 4 rings (SSSR count). The number of thiophene rings is 1. The molecule has 144 valence electrons. The predicted molar refractivity (Wildman–Crippen MR) is 109 cm³/mol. The summed E-state index contributed by atoms with van der Waals surface area (Å²) in [5.74, 6) is 0.513. The number of H-pyrrole nitrogens is 1. The Labute approximate surface area is 165 Å². The number of benzene rings is 1. The van der Waals surface area contributed by atoms with Gasteiger partial charge in [-0.1, -0.05) is 18.2 Å². The highest BCUT2D eigenvalue weighted by molar-refractivity contribution is 7.18. The smallest absolute Gasteiger partial charge is 0.331 e. The molecule has 0 aliphatic heterocycles. The molecule has 0 radical (unpaired) electrons. The van der Waals surface area contributed by atoms with Crippen LogP contribution in [0, 0.1) is 0 Å². The van der Waals surface area contributed by atoms with Crippen molar-refractivity contribution >= 4 is 33.6 Å². The van der Waals surface area contributed by atoms with Crippen LogP contribution >= 0.6 is 11.3 Å². The maximum absolute atomic E-state index is 12.5. The van der Waals surface area contributed by atoms with Gasteiger partial charge in [-0.2, -0.15) is 0 Å². The lowest BCUT2D eigenvalue weighted by atomic mass is 9.97. The molecule has 0 atom stereocenters. The number of carbonyl (C=O) groups excluding carboxylic acids is 1. The summed E-state index contributed by atoms with van der Waals surface area (Å²) in [6.45, 7) is -0.0805. The number of aryl methyl sites for hydroxylation is 2. The van der Waals surface area contributed by atoms with Gasteiger partial charge in [-0.05, 0) is 43.4 Å². The first-order valence-electron chi connectivity index (χ1n) is 9.17. The molecule has 28 heavy (non-hydrogen) atoms. The lowest BCUT2D eigenvalue weighted by molar-refractivity contribution is -0.139. The molecule has 1 N–H and O–H groups in total. The number of carbonyl (C=O) groups is 1. The predicted octanol–water partition coefficient (Wildman–Crippen LogP) is 3.63. The van der Waals surface area contributed by atoms with Gasteiger partial charge in [0, 0.05) is 16.5 Å². The first kappa shape index (κ1) is 18.4. The number of nitrogens with one attached hydrogen (secondary N) is 1. The Morgan fingerprint density at radius 1 is 1.29 bits per heavy atom. The molecule has 2 aromatic heterocycles. The van der Waals surface area contributed by atoms with E-state index in [1.54, 1.807) is 24.5 Å². The lowest BCUT2D eigenvalue weighted by Crippen LogP contribution is -2.14. The summed E-state index contributed by atoms with van der Waals surface area (Å²) in [6.07, 6.45) is 7.17. The van der Waals surface area contributed by atoms with Crippen LogP contribution in [0.3, 0.4) is 0 Å². The van der Waals surface area contributed by atoms with Gasteiger partial charge in [-0.15, -0.1) is 11.3 Å². The average molecular weight is 396 g/mol. The summed E-state index contributed by atoms with van der Waals surface area (Å²) in [6, 6.07) is 7.37. The van der Waals surface area contributed by atoms with Gasteiger partial charge in [-0.25, -0.2) is 9.78 Å². The first-order valence-corrected chi connectivity index (χ1v) is 9.98. The highest BCUT2D eigenvalue weighted by Crippen LogP contribution is 2.33. The van der Waals surface area contributed by atoms with Crippen LogP contribution in [0.15, 0.2) is 35.1 Å². The molecule has 0 unspecified atom stereocenters. The third-order valence-electron chi connectivity index (χ3n) is 4.76. The minimum absolute atomic E-state index is 0.0805. The van der Waals surface area contributed by atoms with Crippen LogP contribution < -0.4 is 10.3 Å². The molecule has 0 spiro atoms. The average Bonchev–Trinajstić information content (AvgIpc) is 3.09. The van der Waals surface area contributed by atoms with Crippen LogP contribution in [0.4, 0.5) is 0 Å². The van der Waals surface area contributed by atoms with Crippen LogP contribution in [0.25, 0.3) is 16.3 Å². The third-order valence-corrected chi connectivity index (χ3v) is 5.95. The molecule has 0 saturated carbocycles. The van der Waals surface area contributed by atoms with E-state index in [2.05, 4.69) is 9.97 Å². The van der Waals surface area contributed by atoms with Gasteiger partial charge in [0.25, 0.3) is 5.56 Å². The van der Waals surface area contributed by atoms with Crippen molar-refractivity contribution in [3.8, 4) is 5.75 Å². The largest absolute Gasteiger partial charge is 0.496 e. The van der Waals surface area contributed by atoms with Crippen LogP contribution in [-0.2, 0) is 29.0 Å². The van der Waals surface area contributed by atoms with Crippen LogP contribution in [0.5, 0.6) is 5.75 Å². The van der Waals surface area contributed by atoms with Crippen molar-refractivity contribution in [2.45, 2.75) is 32.3 Å². The number of fused-ring (bicyclic) bond motifs is 3. The molecule has 0 saturated heterocycles. The first-order chi connectivity index (χ1) is 13.7. The van der Waals surface area contributed by atoms with Gasteiger partial charge >= 0.3 is 5.97 Å². The molecule has 7 heteroatoms. The Bertz CT molecular complexity index is 1110. The van der Waals surface area contributed by atoms with Crippen molar-refractivity contribution < 1.29 is 14.3 Å². The van der Waals surface area contributed by atoms with Gasteiger partial charge < -0.3 is 14.5 Å². The molecular weight excluding hydrogens is 376 g/mol. The van der Waals surface area contributed by atoms with Crippen molar-refractivity contribution in [1.29, 1.82) is 0 Å². The Morgan fingerprint density at radius 3 is 2.96 bits per heavy atom. The number of nitrogens with zero attached hydrogens (tertiary/aromatic N) is 1. The number of aromatic nitrogens is 2. The molecule has 0 bridgehead atoms. The van der Waals surface area contributed by atoms with Crippen LogP contribution in [0.1, 0.15) is 34.7 Å². The summed E-state index contributed by atoms with van der Waals surface area (Å²) < 4.78 is 10.5. The van der Waals surface area contributed by atoms with E-state index in [4.69, 9.17) is 9.47 Å². The zero-order valence-corrected chi connectivity index (χ0v) is 16.3. The number of para-hydroxylation sites is 1. The Morgan fingerprint density at radius 2 is 2.11 bits per heavy atom. The second-order valence-electron chi connectivity index (χ2n) is 6.59. The number of hydrogen-bond donors (Lipinski definition) is 1. The zero-order chi connectivity index (χ0) is 19.5. The number of ether oxygens (including phenoxy) is 2. The topological polar surface area (TPSA) is 81.3 Å². The van der Waals surface area contributed by atoms with E-state index in [1.165, 1.54) is 11.0 Å². The number of rotatable bonds is 5. The van der Waals surface area contributed by atoms with Crippen LogP contribution in [-0.4, -0.2) is 23.0 Å². The maximum atomic E-state index is 12.5. The zero-order valence-electron chi connectivity index (χ0n) is 15.5. The Balaban J connectivity index is 1.47. The van der Waals surface area contributed by atoms with E-state index in [0.717, 1.165) is 41.6 Å². The van der Waals surface area contributed by atoms with Gasteiger partial charge in [0.2, 0.25) is 0 Å². The number of aromatic amines is 1. The van der Waals surface area contributed by atoms with Crippen molar-refractivity contribution in [2.24, 2.45) is 0 Å². The molecule has 1 aromatic carbocycles. The molecule has 2 heterocycles. The fourth-order valence-corrected chi connectivity index (χ4v) is 4.71. The van der Waals surface area contributed by atoms with Gasteiger partial charge in [0.15, 0.2) is 0 Å². The fourth-order valence-electron chi connectivity index (χ4n) is 3.43. The van der Waals surface area contributed by atoms with E-state index < -0.39 is 5.97 Å². The van der Waals surface area contributed by atoms with Crippen molar-refractivity contribution in [2.75, 3.05) is 7.11 Å². The highest BCUT2D eigenvalue weighted by Gasteiger charge is 2.19. The molecule has 1 aliphatic carbocycles. The summed E-state index contributed by atoms with van der Waals surface area (Å²) in [7, 11) is 1.57. The minimum Gasteiger partial charge on any atom is -0.496 e. The Hall–Kier alpha value is -2.93. The second kappa shape index (κ2) is 7.98. The number of hydrogen-bond acceptors (Lipinski definition) is 6. The van der Waals surface area contributed by atoms with E-state index in [1.807, 2.05) is 24.3 Å². The molecule has 1 aliphatic rings.